The Bertz CT molecular complexity index is 1140. The van der Waals surface area contributed by atoms with Crippen molar-refractivity contribution in [1.82, 2.24) is 20.1 Å². The minimum absolute atomic E-state index is 0.0543. The first kappa shape index (κ1) is 25.3. The van der Waals surface area contributed by atoms with E-state index in [1.165, 1.54) is 30.2 Å². The molecule has 0 aliphatic heterocycles. The largest absolute Gasteiger partial charge is 0.497 e. The standard InChI is InChI=1S/C28H36N4O2S/c1-18(2)23-10-6-7-12-25(23)32-27(21-13-15-22(34-5)16-14-21)30-31-28(32)35-17-26(33)29-24-11-8-9-19(3)20(24)4/h6-7,10,12-16,18-20,24H,8-9,11,17H2,1-5H3,(H,29,33). The van der Waals surface area contributed by atoms with E-state index in [4.69, 9.17) is 4.74 Å². The molecule has 7 heteroatoms. The maximum absolute atomic E-state index is 12.9. The van der Waals surface area contributed by atoms with Crippen molar-refractivity contribution < 1.29 is 9.53 Å². The van der Waals surface area contributed by atoms with Crippen LogP contribution in [-0.4, -0.2) is 39.6 Å². The van der Waals surface area contributed by atoms with Gasteiger partial charge in [-0.05, 0) is 60.1 Å². The van der Waals surface area contributed by atoms with Gasteiger partial charge in [0.15, 0.2) is 11.0 Å². The van der Waals surface area contributed by atoms with Gasteiger partial charge < -0.3 is 10.1 Å². The lowest BCUT2D eigenvalue weighted by atomic mass is 9.78. The molecule has 0 saturated heterocycles. The van der Waals surface area contributed by atoms with Crippen LogP contribution >= 0.6 is 11.8 Å². The Kier molecular flexibility index (Phi) is 8.16. The van der Waals surface area contributed by atoms with Crippen molar-refractivity contribution in [3.8, 4) is 22.8 Å². The molecule has 1 aromatic heterocycles. The minimum Gasteiger partial charge on any atom is -0.497 e. The van der Waals surface area contributed by atoms with Crippen LogP contribution in [0.3, 0.4) is 0 Å². The van der Waals surface area contributed by atoms with E-state index in [9.17, 15) is 4.79 Å². The first-order valence-electron chi connectivity index (χ1n) is 12.5. The number of nitrogens with zero attached hydrogens (tertiary/aromatic N) is 3. The topological polar surface area (TPSA) is 69.0 Å². The average molecular weight is 493 g/mol. The number of carbonyl (C=O) groups is 1. The van der Waals surface area contributed by atoms with Crippen LogP contribution in [0, 0.1) is 11.8 Å². The number of thioether (sulfide) groups is 1. The predicted molar refractivity (Wildman–Crippen MR) is 142 cm³/mol. The van der Waals surface area contributed by atoms with Crippen molar-refractivity contribution >= 4 is 17.7 Å². The number of aromatic nitrogens is 3. The second-order valence-electron chi connectivity index (χ2n) is 9.81. The molecule has 0 bridgehead atoms. The molecule has 1 saturated carbocycles. The van der Waals surface area contributed by atoms with Crippen LogP contribution in [0.1, 0.15) is 58.4 Å². The van der Waals surface area contributed by atoms with Crippen molar-refractivity contribution in [3.63, 3.8) is 0 Å². The Morgan fingerprint density at radius 1 is 1.11 bits per heavy atom. The summed E-state index contributed by atoms with van der Waals surface area (Å²) in [6, 6.07) is 16.4. The van der Waals surface area contributed by atoms with Gasteiger partial charge in [-0.25, -0.2) is 0 Å². The third-order valence-corrected chi connectivity index (χ3v) is 8.10. The number of para-hydroxylation sites is 1. The molecule has 1 aliphatic rings. The molecule has 3 aromatic rings. The first-order chi connectivity index (χ1) is 16.9. The summed E-state index contributed by atoms with van der Waals surface area (Å²) >= 11 is 1.44. The smallest absolute Gasteiger partial charge is 0.230 e. The van der Waals surface area contributed by atoms with E-state index in [0.29, 0.717) is 28.7 Å². The second-order valence-corrected chi connectivity index (χ2v) is 10.8. The van der Waals surface area contributed by atoms with Gasteiger partial charge in [0, 0.05) is 11.6 Å². The fourth-order valence-electron chi connectivity index (χ4n) is 4.85. The van der Waals surface area contributed by atoms with Crippen molar-refractivity contribution in [1.29, 1.82) is 0 Å². The SMILES string of the molecule is COc1ccc(-c2nnc(SCC(=O)NC3CCCC(C)C3C)n2-c2ccccc2C(C)C)cc1. The predicted octanol–water partition coefficient (Wildman–Crippen LogP) is 6.10. The van der Waals surface area contributed by atoms with E-state index >= 15 is 0 Å². The summed E-state index contributed by atoms with van der Waals surface area (Å²) in [4.78, 5) is 12.9. The first-order valence-corrected chi connectivity index (χ1v) is 13.5. The van der Waals surface area contributed by atoms with Gasteiger partial charge in [0.25, 0.3) is 0 Å². The fraction of sp³-hybridized carbons (Fsp3) is 0.464. The molecule has 4 rings (SSSR count). The number of carbonyl (C=O) groups excluding carboxylic acids is 1. The zero-order valence-electron chi connectivity index (χ0n) is 21.3. The number of ether oxygens (including phenoxy) is 1. The van der Waals surface area contributed by atoms with Crippen LogP contribution in [0.5, 0.6) is 5.75 Å². The van der Waals surface area contributed by atoms with Crippen LogP contribution in [0.2, 0.25) is 0 Å². The second kappa shape index (κ2) is 11.3. The van der Waals surface area contributed by atoms with E-state index < -0.39 is 0 Å². The lowest BCUT2D eigenvalue weighted by Gasteiger charge is -2.34. The Labute approximate surface area is 212 Å². The number of methoxy groups -OCH3 is 1. The molecule has 3 unspecified atom stereocenters. The average Bonchev–Trinajstić information content (AvgIpc) is 3.29. The van der Waals surface area contributed by atoms with Gasteiger partial charge in [0.1, 0.15) is 5.75 Å². The highest BCUT2D eigenvalue weighted by Gasteiger charge is 2.28. The van der Waals surface area contributed by atoms with Crippen molar-refractivity contribution in [2.45, 2.75) is 64.1 Å². The number of benzene rings is 2. The molecule has 1 N–H and O–H groups in total. The molecule has 186 valence electrons. The van der Waals surface area contributed by atoms with Gasteiger partial charge in [-0.1, -0.05) is 70.5 Å². The van der Waals surface area contributed by atoms with Gasteiger partial charge in [0.2, 0.25) is 5.91 Å². The summed E-state index contributed by atoms with van der Waals surface area (Å²) in [6.07, 6.45) is 3.48. The van der Waals surface area contributed by atoms with E-state index in [0.717, 1.165) is 29.2 Å². The molecular formula is C28H36N4O2S. The van der Waals surface area contributed by atoms with Crippen LogP contribution in [0.25, 0.3) is 17.1 Å². The summed E-state index contributed by atoms with van der Waals surface area (Å²) in [5.74, 6) is 3.37. The highest BCUT2D eigenvalue weighted by atomic mass is 32.2. The molecule has 2 aromatic carbocycles. The number of nitrogens with one attached hydrogen (secondary N) is 1. The fourth-order valence-corrected chi connectivity index (χ4v) is 5.61. The van der Waals surface area contributed by atoms with Crippen LogP contribution < -0.4 is 10.1 Å². The zero-order chi connectivity index (χ0) is 24.9. The van der Waals surface area contributed by atoms with Gasteiger partial charge >= 0.3 is 0 Å². The van der Waals surface area contributed by atoms with Gasteiger partial charge in [-0.15, -0.1) is 10.2 Å². The molecule has 6 nitrogen and oxygen atoms in total. The van der Waals surface area contributed by atoms with Crippen molar-refractivity contribution in [2.75, 3.05) is 12.9 Å². The quantitative estimate of drug-likeness (QED) is 0.385. The van der Waals surface area contributed by atoms with Gasteiger partial charge in [0.05, 0.1) is 18.6 Å². The Morgan fingerprint density at radius 3 is 2.57 bits per heavy atom. The summed E-state index contributed by atoms with van der Waals surface area (Å²) in [5.41, 5.74) is 3.19. The summed E-state index contributed by atoms with van der Waals surface area (Å²) in [5, 5.41) is 13.1. The number of hydrogen-bond donors (Lipinski definition) is 1. The molecule has 1 amide bonds. The minimum atomic E-state index is 0.0543. The molecule has 0 radical (unpaired) electrons. The van der Waals surface area contributed by atoms with Gasteiger partial charge in [-0.2, -0.15) is 0 Å². The normalized spacial score (nSPS) is 20.1. The summed E-state index contributed by atoms with van der Waals surface area (Å²) in [6.45, 7) is 8.90. The summed E-state index contributed by atoms with van der Waals surface area (Å²) in [7, 11) is 1.66. The lowest BCUT2D eigenvalue weighted by Crippen LogP contribution is -2.44. The van der Waals surface area contributed by atoms with Crippen LogP contribution in [0.15, 0.2) is 53.7 Å². The molecule has 1 fully saturated rings. The van der Waals surface area contributed by atoms with Gasteiger partial charge in [-0.3, -0.25) is 9.36 Å². The third-order valence-electron chi connectivity index (χ3n) is 7.17. The Morgan fingerprint density at radius 2 is 1.86 bits per heavy atom. The third kappa shape index (κ3) is 5.72. The molecule has 1 heterocycles. The van der Waals surface area contributed by atoms with E-state index in [1.54, 1.807) is 7.11 Å². The highest BCUT2D eigenvalue weighted by molar-refractivity contribution is 7.99. The van der Waals surface area contributed by atoms with Crippen LogP contribution in [-0.2, 0) is 4.79 Å². The van der Waals surface area contributed by atoms with Crippen molar-refractivity contribution in [3.05, 3.63) is 54.1 Å². The highest BCUT2D eigenvalue weighted by Crippen LogP contribution is 2.33. The van der Waals surface area contributed by atoms with Crippen molar-refractivity contribution in [2.24, 2.45) is 11.8 Å². The Balaban J connectivity index is 1.62. The monoisotopic (exact) mass is 492 g/mol. The molecular weight excluding hydrogens is 456 g/mol. The molecule has 0 spiro atoms. The Hall–Kier alpha value is -2.80. The molecule has 3 atom stereocenters. The van der Waals surface area contributed by atoms with E-state index in [2.05, 4.69) is 66.0 Å². The maximum atomic E-state index is 12.9. The maximum Gasteiger partial charge on any atom is 0.230 e. The van der Waals surface area contributed by atoms with E-state index in [1.807, 2.05) is 30.3 Å². The molecule has 1 aliphatic carbocycles. The number of hydrogen-bond acceptors (Lipinski definition) is 5. The van der Waals surface area contributed by atoms with Crippen LogP contribution in [0.4, 0.5) is 0 Å². The number of amides is 1. The lowest BCUT2D eigenvalue weighted by molar-refractivity contribution is -0.120. The molecule has 35 heavy (non-hydrogen) atoms. The van der Waals surface area contributed by atoms with E-state index in [-0.39, 0.29) is 11.9 Å². The number of rotatable bonds is 8. The summed E-state index contributed by atoms with van der Waals surface area (Å²) < 4.78 is 7.41. The zero-order valence-corrected chi connectivity index (χ0v) is 22.1.